The summed E-state index contributed by atoms with van der Waals surface area (Å²) in [5, 5.41) is 17.5. The molecule has 0 aliphatic carbocycles. The second kappa shape index (κ2) is 7.53. The normalized spacial score (nSPS) is 10.6. The summed E-state index contributed by atoms with van der Waals surface area (Å²) in [5.74, 6) is -1.26. The molecule has 0 heterocycles. The van der Waals surface area contributed by atoms with Gasteiger partial charge in [-0.1, -0.05) is 26.0 Å². The van der Waals surface area contributed by atoms with Crippen LogP contribution < -0.4 is 4.90 Å². The predicted molar refractivity (Wildman–Crippen MR) is 77.1 cm³/mol. The fraction of sp³-hybridized carbons (Fsp3) is 0.467. The van der Waals surface area contributed by atoms with E-state index in [4.69, 9.17) is 10.2 Å². The smallest absolute Gasteiger partial charge is 0.307 e. The van der Waals surface area contributed by atoms with E-state index in [1.807, 2.05) is 17.0 Å². The van der Waals surface area contributed by atoms with Gasteiger partial charge in [-0.05, 0) is 23.6 Å². The second-order valence-electron chi connectivity index (χ2n) is 5.22. The third-order valence-corrected chi connectivity index (χ3v) is 2.84. The van der Waals surface area contributed by atoms with Gasteiger partial charge in [-0.3, -0.25) is 9.59 Å². The Balaban J connectivity index is 2.78. The van der Waals surface area contributed by atoms with Crippen molar-refractivity contribution in [2.75, 3.05) is 18.0 Å². The van der Waals surface area contributed by atoms with Crippen molar-refractivity contribution in [2.24, 2.45) is 5.92 Å². The molecule has 5 nitrogen and oxygen atoms in total. The first-order valence-electron chi connectivity index (χ1n) is 6.66. The number of rotatable bonds is 8. The molecule has 20 heavy (non-hydrogen) atoms. The Morgan fingerprint density at radius 3 is 2.15 bits per heavy atom. The topological polar surface area (TPSA) is 77.8 Å². The molecular weight excluding hydrogens is 258 g/mol. The number of aliphatic carboxylic acids is 2. The lowest BCUT2D eigenvalue weighted by Crippen LogP contribution is -2.30. The third-order valence-electron chi connectivity index (χ3n) is 2.84. The van der Waals surface area contributed by atoms with Crippen LogP contribution in [0, 0.1) is 5.92 Å². The van der Waals surface area contributed by atoms with Gasteiger partial charge in [0, 0.05) is 18.8 Å². The van der Waals surface area contributed by atoms with Crippen LogP contribution in [0.5, 0.6) is 0 Å². The van der Waals surface area contributed by atoms with E-state index in [0.717, 1.165) is 17.8 Å². The minimum Gasteiger partial charge on any atom is -0.481 e. The maximum Gasteiger partial charge on any atom is 0.307 e. The van der Waals surface area contributed by atoms with Crippen molar-refractivity contribution < 1.29 is 19.8 Å². The van der Waals surface area contributed by atoms with Gasteiger partial charge >= 0.3 is 11.9 Å². The molecule has 0 aromatic heterocycles. The molecule has 0 fully saturated rings. The van der Waals surface area contributed by atoms with E-state index < -0.39 is 11.9 Å². The van der Waals surface area contributed by atoms with E-state index in [2.05, 4.69) is 13.8 Å². The lowest BCUT2D eigenvalue weighted by molar-refractivity contribution is -0.137. The maximum absolute atomic E-state index is 10.7. The molecule has 1 aromatic rings. The summed E-state index contributed by atoms with van der Waals surface area (Å²) in [5.41, 5.74) is 1.66. The van der Waals surface area contributed by atoms with Gasteiger partial charge in [-0.2, -0.15) is 0 Å². The Bertz CT molecular complexity index is 453. The zero-order chi connectivity index (χ0) is 15.1. The minimum atomic E-state index is -0.859. The van der Waals surface area contributed by atoms with Crippen LogP contribution in [0.1, 0.15) is 25.8 Å². The largest absolute Gasteiger partial charge is 0.481 e. The Morgan fingerprint density at radius 1 is 1.10 bits per heavy atom. The Kier molecular flexibility index (Phi) is 6.03. The predicted octanol–water partition coefficient (Wildman–Crippen LogP) is 2.25. The first kappa shape index (κ1) is 16.0. The summed E-state index contributed by atoms with van der Waals surface area (Å²) in [6.07, 6.45) is 0.0865. The average Bonchev–Trinajstić information content (AvgIpc) is 2.34. The average molecular weight is 279 g/mol. The summed E-state index contributed by atoms with van der Waals surface area (Å²) in [7, 11) is 0. The number of carbonyl (C=O) groups is 2. The fourth-order valence-electron chi connectivity index (χ4n) is 2.00. The SMILES string of the molecule is CC(C)CN(CCC(=O)O)c1ccc(CC(=O)O)cc1. The van der Waals surface area contributed by atoms with Gasteiger partial charge in [-0.15, -0.1) is 0 Å². The molecule has 0 unspecified atom stereocenters. The summed E-state index contributed by atoms with van der Waals surface area (Å²) < 4.78 is 0. The lowest BCUT2D eigenvalue weighted by Gasteiger charge is -2.26. The summed E-state index contributed by atoms with van der Waals surface area (Å²) in [6, 6.07) is 7.25. The van der Waals surface area contributed by atoms with Crippen molar-refractivity contribution in [1.82, 2.24) is 0 Å². The highest BCUT2D eigenvalue weighted by Gasteiger charge is 2.11. The number of carboxylic acids is 2. The van der Waals surface area contributed by atoms with Crippen LogP contribution in [0.4, 0.5) is 5.69 Å². The van der Waals surface area contributed by atoms with Crippen LogP contribution >= 0.6 is 0 Å². The molecule has 1 aromatic carbocycles. The molecule has 0 radical (unpaired) electrons. The van der Waals surface area contributed by atoms with Gasteiger partial charge in [0.1, 0.15) is 0 Å². The first-order chi connectivity index (χ1) is 9.38. The summed E-state index contributed by atoms with van der Waals surface area (Å²) >= 11 is 0. The van der Waals surface area contributed by atoms with Crippen molar-refractivity contribution >= 4 is 17.6 Å². The summed E-state index contributed by atoms with van der Waals surface area (Å²) in [6.45, 7) is 5.37. The molecule has 0 aliphatic rings. The summed E-state index contributed by atoms with van der Waals surface area (Å²) in [4.78, 5) is 23.4. The fourth-order valence-corrected chi connectivity index (χ4v) is 2.00. The highest BCUT2D eigenvalue weighted by molar-refractivity contribution is 5.70. The van der Waals surface area contributed by atoms with Crippen LogP contribution in [-0.2, 0) is 16.0 Å². The highest BCUT2D eigenvalue weighted by Crippen LogP contribution is 2.17. The van der Waals surface area contributed by atoms with Crippen molar-refractivity contribution in [3.8, 4) is 0 Å². The van der Waals surface area contributed by atoms with E-state index in [1.54, 1.807) is 12.1 Å². The molecule has 0 saturated carbocycles. The van der Waals surface area contributed by atoms with Crippen molar-refractivity contribution in [2.45, 2.75) is 26.7 Å². The molecule has 0 saturated heterocycles. The van der Waals surface area contributed by atoms with E-state index in [1.165, 1.54) is 0 Å². The van der Waals surface area contributed by atoms with Gasteiger partial charge in [0.2, 0.25) is 0 Å². The molecule has 0 amide bonds. The number of anilines is 1. The zero-order valence-electron chi connectivity index (χ0n) is 11.9. The third kappa shape index (κ3) is 5.73. The molecule has 110 valence electrons. The highest BCUT2D eigenvalue weighted by atomic mass is 16.4. The van der Waals surface area contributed by atoms with Gasteiger partial charge in [0.25, 0.3) is 0 Å². The van der Waals surface area contributed by atoms with Crippen molar-refractivity contribution in [1.29, 1.82) is 0 Å². The first-order valence-corrected chi connectivity index (χ1v) is 6.66. The number of benzene rings is 1. The molecule has 0 atom stereocenters. The monoisotopic (exact) mass is 279 g/mol. The van der Waals surface area contributed by atoms with E-state index in [9.17, 15) is 9.59 Å². The standard InChI is InChI=1S/C15H21NO4/c1-11(2)10-16(8-7-14(17)18)13-5-3-12(4-6-13)9-15(19)20/h3-6,11H,7-10H2,1-2H3,(H,17,18)(H,19,20). The van der Waals surface area contributed by atoms with Crippen LogP contribution in [0.2, 0.25) is 0 Å². The number of hydrogen-bond donors (Lipinski definition) is 2. The van der Waals surface area contributed by atoms with Crippen LogP contribution in [0.25, 0.3) is 0 Å². The Hall–Kier alpha value is -2.04. The molecule has 5 heteroatoms. The maximum atomic E-state index is 10.7. The number of carboxylic acid groups (broad SMARTS) is 2. The molecule has 0 bridgehead atoms. The van der Waals surface area contributed by atoms with E-state index in [-0.39, 0.29) is 12.8 Å². The number of hydrogen-bond acceptors (Lipinski definition) is 3. The molecule has 0 spiro atoms. The molecule has 2 N–H and O–H groups in total. The molecule has 1 rings (SSSR count). The quantitative estimate of drug-likeness (QED) is 0.763. The lowest BCUT2D eigenvalue weighted by atomic mass is 10.1. The Morgan fingerprint density at radius 2 is 1.70 bits per heavy atom. The van der Waals surface area contributed by atoms with Crippen LogP contribution in [0.15, 0.2) is 24.3 Å². The second-order valence-corrected chi connectivity index (χ2v) is 5.22. The van der Waals surface area contributed by atoms with E-state index >= 15 is 0 Å². The molecule has 0 aliphatic heterocycles. The Labute approximate surface area is 118 Å². The number of nitrogens with zero attached hydrogens (tertiary/aromatic N) is 1. The zero-order valence-corrected chi connectivity index (χ0v) is 11.9. The van der Waals surface area contributed by atoms with Crippen LogP contribution in [0.3, 0.4) is 0 Å². The van der Waals surface area contributed by atoms with Gasteiger partial charge in [-0.25, -0.2) is 0 Å². The van der Waals surface area contributed by atoms with Gasteiger partial charge < -0.3 is 15.1 Å². The molecular formula is C15H21NO4. The minimum absolute atomic E-state index is 0.000410. The van der Waals surface area contributed by atoms with Gasteiger partial charge in [0.05, 0.1) is 12.8 Å². The van der Waals surface area contributed by atoms with Crippen molar-refractivity contribution in [3.05, 3.63) is 29.8 Å². The van der Waals surface area contributed by atoms with Gasteiger partial charge in [0.15, 0.2) is 0 Å². The van der Waals surface area contributed by atoms with Crippen molar-refractivity contribution in [3.63, 3.8) is 0 Å². The van der Waals surface area contributed by atoms with Crippen LogP contribution in [-0.4, -0.2) is 35.2 Å². The van der Waals surface area contributed by atoms with E-state index in [0.29, 0.717) is 12.5 Å².